The summed E-state index contributed by atoms with van der Waals surface area (Å²) in [5.41, 5.74) is -1.99. The molecule has 0 spiro atoms. The topological polar surface area (TPSA) is 21.7 Å². The fourth-order valence-electron chi connectivity index (χ4n) is 3.84. The molecule has 2 aromatic carbocycles. The van der Waals surface area contributed by atoms with Crippen LogP contribution in [0.25, 0.3) is 0 Å². The lowest BCUT2D eigenvalue weighted by molar-refractivity contribution is -0.260. The summed E-state index contributed by atoms with van der Waals surface area (Å²) >= 11 is 6.15. The zero-order chi connectivity index (χ0) is 18.5. The minimum atomic E-state index is -4.69. The first-order valence-corrected chi connectivity index (χ1v) is 8.74. The number of hydrogen-bond acceptors (Lipinski definition) is 3. The molecule has 1 saturated heterocycles. The second-order valence-electron chi connectivity index (χ2n) is 6.48. The van der Waals surface area contributed by atoms with Crippen molar-refractivity contribution in [3.8, 4) is 11.5 Å². The third-order valence-corrected chi connectivity index (χ3v) is 5.38. The van der Waals surface area contributed by atoms with Gasteiger partial charge in [-0.15, -0.1) is 0 Å². The van der Waals surface area contributed by atoms with E-state index in [1.54, 1.807) is 12.1 Å². The summed E-state index contributed by atoms with van der Waals surface area (Å²) in [4.78, 5) is 2.13. The van der Waals surface area contributed by atoms with Crippen molar-refractivity contribution in [1.29, 1.82) is 0 Å². The minimum Gasteiger partial charge on any atom is -0.455 e. The third-order valence-electron chi connectivity index (χ3n) is 5.08. The lowest BCUT2D eigenvalue weighted by Gasteiger charge is -2.40. The lowest BCUT2D eigenvalue weighted by atomic mass is 9.82. The summed E-state index contributed by atoms with van der Waals surface area (Å²) in [6.07, 6.45) is -2.55. The van der Waals surface area contributed by atoms with Crippen LogP contribution in [0, 0.1) is 0 Å². The van der Waals surface area contributed by atoms with Crippen LogP contribution >= 0.6 is 11.6 Å². The first-order chi connectivity index (χ1) is 12.4. The van der Waals surface area contributed by atoms with Crippen LogP contribution < -0.4 is 9.64 Å². The van der Waals surface area contributed by atoms with Crippen molar-refractivity contribution in [2.24, 2.45) is 0 Å². The average Bonchev–Trinajstić information content (AvgIpc) is 3.13. The normalized spacial score (nSPS) is 22.0. The number of rotatable bonds is 2. The quantitative estimate of drug-likeness (QED) is 0.683. The Bertz CT molecular complexity index is 849. The summed E-state index contributed by atoms with van der Waals surface area (Å²) in [7, 11) is 1.06. The van der Waals surface area contributed by atoms with E-state index in [1.165, 1.54) is 24.3 Å². The first kappa shape index (κ1) is 17.5. The van der Waals surface area contributed by atoms with E-state index in [1.807, 2.05) is 0 Å². The Kier molecular flexibility index (Phi) is 4.08. The van der Waals surface area contributed by atoms with Crippen LogP contribution in [0.3, 0.4) is 0 Å². The summed E-state index contributed by atoms with van der Waals surface area (Å²) in [6.45, 7) is 1.76. The molecule has 2 aliphatic heterocycles. The number of hydrogen-bond donors (Lipinski definition) is 0. The predicted molar refractivity (Wildman–Crippen MR) is 93.3 cm³/mol. The number of alkyl halides is 3. The number of para-hydroxylation sites is 1. The molecule has 2 aliphatic rings. The molecule has 4 rings (SSSR count). The molecule has 0 radical (unpaired) electrons. The van der Waals surface area contributed by atoms with Gasteiger partial charge in [0.1, 0.15) is 5.75 Å². The van der Waals surface area contributed by atoms with Crippen molar-refractivity contribution < 1.29 is 22.6 Å². The van der Waals surface area contributed by atoms with Crippen LogP contribution in [-0.2, 0) is 10.3 Å². The Morgan fingerprint density at radius 3 is 2.50 bits per heavy atom. The molecule has 0 amide bonds. The standard InChI is InChI=1S/C19H17ClF3NO2/c1-25-18(19(21,22)23)13-8-7-12(24-9-2-3-10-24)11-16(13)26-17-14(18)5-4-6-15(17)20/h4-8,11H,2-3,9-10H2,1H3. The van der Waals surface area contributed by atoms with Crippen molar-refractivity contribution in [2.45, 2.75) is 24.6 Å². The summed E-state index contributed by atoms with van der Waals surface area (Å²) in [5.74, 6) is 0.105. The van der Waals surface area contributed by atoms with Gasteiger partial charge in [0.2, 0.25) is 5.60 Å². The summed E-state index contributed by atoms with van der Waals surface area (Å²) in [5, 5.41) is 0.116. The van der Waals surface area contributed by atoms with Gasteiger partial charge in [0.15, 0.2) is 5.75 Å². The molecule has 0 aliphatic carbocycles. The number of anilines is 1. The monoisotopic (exact) mass is 383 g/mol. The second-order valence-corrected chi connectivity index (χ2v) is 6.88. The highest BCUT2D eigenvalue weighted by Gasteiger charge is 2.62. The lowest BCUT2D eigenvalue weighted by Crippen LogP contribution is -2.47. The zero-order valence-corrected chi connectivity index (χ0v) is 14.8. The molecule has 3 nitrogen and oxygen atoms in total. The van der Waals surface area contributed by atoms with Crippen molar-refractivity contribution in [1.82, 2.24) is 0 Å². The molecule has 0 aromatic heterocycles. The number of nitrogens with zero attached hydrogens (tertiary/aromatic N) is 1. The molecule has 138 valence electrons. The summed E-state index contributed by atoms with van der Waals surface area (Å²) < 4.78 is 53.7. The van der Waals surface area contributed by atoms with Gasteiger partial charge >= 0.3 is 6.18 Å². The number of fused-ring (bicyclic) bond motifs is 2. The van der Waals surface area contributed by atoms with Crippen LogP contribution in [0.2, 0.25) is 5.02 Å². The van der Waals surface area contributed by atoms with E-state index in [2.05, 4.69) is 4.90 Å². The largest absolute Gasteiger partial charge is 0.455 e. The van der Waals surface area contributed by atoms with Gasteiger partial charge in [0.25, 0.3) is 0 Å². The van der Waals surface area contributed by atoms with Gasteiger partial charge in [-0.2, -0.15) is 13.2 Å². The van der Waals surface area contributed by atoms with Crippen LogP contribution in [-0.4, -0.2) is 26.4 Å². The second kappa shape index (κ2) is 6.06. The Labute approximate surface area is 154 Å². The zero-order valence-electron chi connectivity index (χ0n) is 14.1. The van der Waals surface area contributed by atoms with Crippen molar-refractivity contribution >= 4 is 17.3 Å². The van der Waals surface area contributed by atoms with Gasteiger partial charge in [-0.05, 0) is 31.0 Å². The maximum atomic E-state index is 14.3. The molecule has 1 unspecified atom stereocenters. The maximum absolute atomic E-state index is 14.3. The van der Waals surface area contributed by atoms with E-state index in [-0.39, 0.29) is 27.6 Å². The van der Waals surface area contributed by atoms with Gasteiger partial charge in [0.05, 0.1) is 5.02 Å². The van der Waals surface area contributed by atoms with Gasteiger partial charge in [-0.1, -0.05) is 23.7 Å². The molecule has 7 heteroatoms. The Morgan fingerprint density at radius 2 is 1.85 bits per heavy atom. The fourth-order valence-corrected chi connectivity index (χ4v) is 4.06. The molecule has 26 heavy (non-hydrogen) atoms. The van der Waals surface area contributed by atoms with Gasteiger partial charge < -0.3 is 14.4 Å². The van der Waals surface area contributed by atoms with Crippen molar-refractivity contribution in [3.63, 3.8) is 0 Å². The van der Waals surface area contributed by atoms with E-state index in [0.717, 1.165) is 38.7 Å². The number of methoxy groups -OCH3 is 1. The van der Waals surface area contributed by atoms with Gasteiger partial charge in [-0.25, -0.2) is 0 Å². The predicted octanol–water partition coefficient (Wildman–Crippen LogP) is 5.50. The SMILES string of the molecule is COC1(C(F)(F)F)c2ccc(N3CCCC3)cc2Oc2c(Cl)cccc21. The highest BCUT2D eigenvalue weighted by molar-refractivity contribution is 6.32. The number of benzene rings is 2. The maximum Gasteiger partial charge on any atom is 0.426 e. The Hall–Kier alpha value is -1.92. The molecular weight excluding hydrogens is 367 g/mol. The van der Waals surface area contributed by atoms with Crippen LogP contribution in [0.4, 0.5) is 18.9 Å². The van der Waals surface area contributed by atoms with Crippen LogP contribution in [0.1, 0.15) is 24.0 Å². The number of halogens is 4. The number of ether oxygens (including phenoxy) is 2. The molecular formula is C19H17ClF3NO2. The van der Waals surface area contributed by atoms with E-state index in [0.29, 0.717) is 0 Å². The Balaban J connectivity index is 1.95. The fraction of sp³-hybridized carbons (Fsp3) is 0.368. The van der Waals surface area contributed by atoms with E-state index in [4.69, 9.17) is 21.1 Å². The minimum absolute atomic E-state index is 0.0144. The molecule has 0 bridgehead atoms. The van der Waals surface area contributed by atoms with E-state index in [9.17, 15) is 13.2 Å². The third kappa shape index (κ3) is 2.39. The highest BCUT2D eigenvalue weighted by Crippen LogP contribution is 2.58. The van der Waals surface area contributed by atoms with Crippen LogP contribution in [0.15, 0.2) is 36.4 Å². The first-order valence-electron chi connectivity index (χ1n) is 8.36. The molecule has 0 saturated carbocycles. The van der Waals surface area contributed by atoms with Gasteiger partial charge in [0, 0.05) is 43.1 Å². The van der Waals surface area contributed by atoms with Crippen LogP contribution in [0.5, 0.6) is 11.5 Å². The highest BCUT2D eigenvalue weighted by atomic mass is 35.5. The molecule has 1 fully saturated rings. The molecule has 2 aromatic rings. The van der Waals surface area contributed by atoms with E-state index >= 15 is 0 Å². The summed E-state index contributed by atoms with van der Waals surface area (Å²) in [6, 6.07) is 9.11. The van der Waals surface area contributed by atoms with E-state index < -0.39 is 11.8 Å². The smallest absolute Gasteiger partial charge is 0.426 e. The van der Waals surface area contributed by atoms with Crippen molar-refractivity contribution in [3.05, 3.63) is 52.5 Å². The van der Waals surface area contributed by atoms with Gasteiger partial charge in [-0.3, -0.25) is 0 Å². The molecule has 1 atom stereocenters. The molecule has 0 N–H and O–H groups in total. The molecule has 2 heterocycles. The average molecular weight is 384 g/mol. The Morgan fingerprint density at radius 1 is 1.12 bits per heavy atom. The van der Waals surface area contributed by atoms with Crippen molar-refractivity contribution in [2.75, 3.05) is 25.1 Å².